The number of pyridine rings is 1. The average Bonchev–Trinajstić information content (AvgIpc) is 2.92. The first-order chi connectivity index (χ1) is 9.25. The van der Waals surface area contributed by atoms with Gasteiger partial charge in [-0.3, -0.25) is 14.7 Å². The van der Waals surface area contributed by atoms with Crippen molar-refractivity contribution in [3.05, 3.63) is 58.5 Å². The minimum atomic E-state index is -0.476. The fourth-order valence-corrected chi connectivity index (χ4v) is 1.85. The van der Waals surface area contributed by atoms with Gasteiger partial charge < -0.3 is 10.3 Å². The van der Waals surface area contributed by atoms with Gasteiger partial charge >= 0.3 is 0 Å². The summed E-state index contributed by atoms with van der Waals surface area (Å²) in [5.74, 6) is -0.0335. The molecule has 0 unspecified atom stereocenters. The van der Waals surface area contributed by atoms with Gasteiger partial charge in [0.25, 0.3) is 5.91 Å². The van der Waals surface area contributed by atoms with E-state index in [9.17, 15) is 9.59 Å². The summed E-state index contributed by atoms with van der Waals surface area (Å²) in [5, 5.41) is 9.37. The van der Waals surface area contributed by atoms with E-state index >= 15 is 0 Å². The fraction of sp³-hybridized carbons (Fsp3) is 0. The number of para-hydroxylation sites is 1. The molecule has 0 radical (unpaired) electrons. The lowest BCUT2D eigenvalue weighted by molar-refractivity contribution is 0.102. The first-order valence-corrected chi connectivity index (χ1v) is 5.67. The van der Waals surface area contributed by atoms with Crippen LogP contribution in [0.4, 0.5) is 5.82 Å². The Balaban J connectivity index is 2.03. The third-order valence-electron chi connectivity index (χ3n) is 2.78. The number of aromatic nitrogens is 3. The molecular weight excluding hydrogens is 244 g/mol. The van der Waals surface area contributed by atoms with E-state index in [2.05, 4.69) is 20.5 Å². The van der Waals surface area contributed by atoms with E-state index in [-0.39, 0.29) is 11.0 Å². The number of anilines is 1. The van der Waals surface area contributed by atoms with Gasteiger partial charge in [-0.2, -0.15) is 5.10 Å². The minimum Gasteiger partial charge on any atom is -0.360 e. The van der Waals surface area contributed by atoms with Crippen molar-refractivity contribution in [1.29, 1.82) is 0 Å². The van der Waals surface area contributed by atoms with Crippen molar-refractivity contribution in [3.63, 3.8) is 0 Å². The summed E-state index contributed by atoms with van der Waals surface area (Å²) in [7, 11) is 0. The lowest BCUT2D eigenvalue weighted by atomic mass is 10.1. The van der Waals surface area contributed by atoms with Gasteiger partial charge in [0.2, 0.25) is 5.43 Å². The Kier molecular flexibility index (Phi) is 2.60. The summed E-state index contributed by atoms with van der Waals surface area (Å²) >= 11 is 0. The monoisotopic (exact) mass is 254 g/mol. The van der Waals surface area contributed by atoms with Crippen LogP contribution in [-0.4, -0.2) is 21.1 Å². The summed E-state index contributed by atoms with van der Waals surface area (Å²) < 4.78 is 0. The number of nitrogens with one attached hydrogen (secondary N) is 3. The number of carbonyl (C=O) groups is 1. The van der Waals surface area contributed by atoms with E-state index in [1.807, 2.05) is 6.07 Å². The van der Waals surface area contributed by atoms with Crippen LogP contribution < -0.4 is 10.7 Å². The topological polar surface area (TPSA) is 90.6 Å². The van der Waals surface area contributed by atoms with Crippen LogP contribution in [0.25, 0.3) is 10.9 Å². The number of carbonyl (C=O) groups excluding carboxylic acids is 1. The Morgan fingerprint density at radius 2 is 2.05 bits per heavy atom. The van der Waals surface area contributed by atoms with Gasteiger partial charge in [-0.05, 0) is 12.1 Å². The molecule has 94 valence electrons. The van der Waals surface area contributed by atoms with Crippen LogP contribution in [0, 0.1) is 0 Å². The van der Waals surface area contributed by atoms with Crippen LogP contribution in [0.3, 0.4) is 0 Å². The highest BCUT2D eigenvalue weighted by atomic mass is 16.2. The van der Waals surface area contributed by atoms with Crippen LogP contribution in [0.2, 0.25) is 0 Å². The Morgan fingerprint density at radius 3 is 2.84 bits per heavy atom. The molecule has 3 N–H and O–H groups in total. The Bertz CT molecular complexity index is 790. The largest absolute Gasteiger partial charge is 0.360 e. The third kappa shape index (κ3) is 1.99. The highest BCUT2D eigenvalue weighted by Crippen LogP contribution is 2.08. The summed E-state index contributed by atoms with van der Waals surface area (Å²) in [6.45, 7) is 0. The molecule has 0 bridgehead atoms. The van der Waals surface area contributed by atoms with E-state index in [0.717, 1.165) is 0 Å². The van der Waals surface area contributed by atoms with Crippen LogP contribution in [-0.2, 0) is 0 Å². The van der Waals surface area contributed by atoms with Crippen molar-refractivity contribution in [2.45, 2.75) is 0 Å². The van der Waals surface area contributed by atoms with Gasteiger partial charge in [-0.25, -0.2) is 0 Å². The van der Waals surface area contributed by atoms with E-state index in [0.29, 0.717) is 16.7 Å². The summed E-state index contributed by atoms with van der Waals surface area (Å²) in [5.41, 5.74) is 0.463. The second-order valence-corrected chi connectivity index (χ2v) is 4.00. The highest BCUT2D eigenvalue weighted by Gasteiger charge is 2.13. The fourth-order valence-electron chi connectivity index (χ4n) is 1.85. The Labute approximate surface area is 107 Å². The SMILES string of the molecule is O=C(Nc1ccn[nH]1)c1c[nH]c2ccccc2c1=O. The maximum atomic E-state index is 12.2. The van der Waals surface area contributed by atoms with Gasteiger partial charge in [0.15, 0.2) is 0 Å². The van der Waals surface area contributed by atoms with E-state index in [1.165, 1.54) is 12.4 Å². The van der Waals surface area contributed by atoms with Crippen LogP contribution >= 0.6 is 0 Å². The predicted octanol–water partition coefficient (Wildman–Crippen LogP) is 1.50. The highest BCUT2D eigenvalue weighted by molar-refractivity contribution is 6.05. The van der Waals surface area contributed by atoms with Gasteiger partial charge in [0, 0.05) is 23.2 Å². The minimum absolute atomic E-state index is 0.0632. The second kappa shape index (κ2) is 4.41. The molecule has 3 aromatic rings. The molecule has 3 rings (SSSR count). The zero-order valence-corrected chi connectivity index (χ0v) is 9.81. The standard InChI is InChI=1S/C13H10N4O2/c18-12-8-3-1-2-4-10(8)14-7-9(12)13(19)16-11-5-6-15-17-11/h1-7H,(H,14,18)(H2,15,16,17,19). The molecule has 0 saturated heterocycles. The molecule has 6 heteroatoms. The molecule has 0 aliphatic rings. The number of fused-ring (bicyclic) bond motifs is 1. The van der Waals surface area contributed by atoms with Crippen molar-refractivity contribution in [2.24, 2.45) is 0 Å². The van der Waals surface area contributed by atoms with Crippen molar-refractivity contribution in [3.8, 4) is 0 Å². The molecule has 0 aliphatic carbocycles. The van der Waals surface area contributed by atoms with Gasteiger partial charge in [0.1, 0.15) is 11.4 Å². The smallest absolute Gasteiger partial charge is 0.262 e. The number of hydrogen-bond donors (Lipinski definition) is 3. The van der Waals surface area contributed by atoms with Gasteiger partial charge in [-0.15, -0.1) is 0 Å². The van der Waals surface area contributed by atoms with Crippen molar-refractivity contribution in [2.75, 3.05) is 5.32 Å². The van der Waals surface area contributed by atoms with Crippen LogP contribution in [0.15, 0.2) is 47.5 Å². The average molecular weight is 254 g/mol. The summed E-state index contributed by atoms with van der Waals surface area (Å²) in [6.07, 6.45) is 2.93. The molecule has 0 fully saturated rings. The summed E-state index contributed by atoms with van der Waals surface area (Å²) in [4.78, 5) is 27.1. The first-order valence-electron chi connectivity index (χ1n) is 5.67. The molecule has 0 atom stereocenters. The zero-order chi connectivity index (χ0) is 13.2. The van der Waals surface area contributed by atoms with Gasteiger partial charge in [-0.1, -0.05) is 12.1 Å². The molecule has 2 aromatic heterocycles. The normalized spacial score (nSPS) is 10.5. The molecule has 1 amide bonds. The van der Waals surface area contributed by atoms with Crippen LogP contribution in [0.1, 0.15) is 10.4 Å². The molecule has 0 spiro atoms. The Morgan fingerprint density at radius 1 is 1.21 bits per heavy atom. The number of aromatic amines is 2. The third-order valence-corrected chi connectivity index (χ3v) is 2.78. The molecule has 0 aliphatic heterocycles. The molecule has 0 saturated carbocycles. The number of benzene rings is 1. The summed E-state index contributed by atoms with van der Waals surface area (Å²) in [6, 6.07) is 8.65. The van der Waals surface area contributed by atoms with E-state index in [4.69, 9.17) is 0 Å². The van der Waals surface area contributed by atoms with Gasteiger partial charge in [0.05, 0.1) is 6.20 Å². The number of amides is 1. The van der Waals surface area contributed by atoms with E-state index < -0.39 is 5.91 Å². The molecule has 2 heterocycles. The maximum absolute atomic E-state index is 12.2. The number of nitrogens with zero attached hydrogens (tertiary/aromatic N) is 1. The first kappa shape index (κ1) is 11.2. The molecule has 1 aromatic carbocycles. The second-order valence-electron chi connectivity index (χ2n) is 4.00. The van der Waals surface area contributed by atoms with Crippen molar-refractivity contribution < 1.29 is 4.79 Å². The number of rotatable bonds is 2. The van der Waals surface area contributed by atoms with E-state index in [1.54, 1.807) is 24.3 Å². The van der Waals surface area contributed by atoms with Crippen molar-refractivity contribution >= 4 is 22.6 Å². The number of H-pyrrole nitrogens is 2. The predicted molar refractivity (Wildman–Crippen MR) is 71.1 cm³/mol. The Hall–Kier alpha value is -2.89. The molecule has 6 nitrogen and oxygen atoms in total. The molecule has 19 heavy (non-hydrogen) atoms. The lowest BCUT2D eigenvalue weighted by Gasteiger charge is -2.03. The van der Waals surface area contributed by atoms with Crippen molar-refractivity contribution in [1.82, 2.24) is 15.2 Å². The lowest BCUT2D eigenvalue weighted by Crippen LogP contribution is -2.22. The zero-order valence-electron chi connectivity index (χ0n) is 9.81. The quantitative estimate of drug-likeness (QED) is 0.647. The van der Waals surface area contributed by atoms with Crippen LogP contribution in [0.5, 0.6) is 0 Å². The maximum Gasteiger partial charge on any atom is 0.262 e. The number of hydrogen-bond acceptors (Lipinski definition) is 3. The molecular formula is C13H10N4O2.